The van der Waals surface area contributed by atoms with Gasteiger partial charge in [-0.3, -0.25) is 0 Å². The van der Waals surface area contributed by atoms with Gasteiger partial charge >= 0.3 is 0 Å². The van der Waals surface area contributed by atoms with Crippen molar-refractivity contribution in [3.05, 3.63) is 3.57 Å². The molecule has 0 aliphatic rings. The molecule has 1 aromatic carbocycles. The van der Waals surface area contributed by atoms with Crippen LogP contribution in [0.1, 0.15) is 0 Å². The fourth-order valence-corrected chi connectivity index (χ4v) is 4.18. The van der Waals surface area contributed by atoms with Crippen molar-refractivity contribution in [3.63, 3.8) is 0 Å². The molecule has 66 valence electrons. The zero-order valence-corrected chi connectivity index (χ0v) is 14.2. The van der Waals surface area contributed by atoms with E-state index >= 15 is 0 Å². The molecule has 0 heterocycles. The molecule has 6 heteroatoms. The Morgan fingerprint density at radius 3 is 1.17 bits per heavy atom. The van der Waals surface area contributed by atoms with Crippen LogP contribution in [-0.2, 0) is 0 Å². The van der Waals surface area contributed by atoms with Crippen LogP contribution in [0.3, 0.4) is 0 Å². The lowest BCUT2D eigenvalue weighted by atomic mass is 10.3. The molecular formula is C6H10IP5. The van der Waals surface area contributed by atoms with Crippen LogP contribution >= 0.6 is 68.8 Å². The molecule has 0 saturated carbocycles. The third-order valence-electron chi connectivity index (χ3n) is 1.63. The minimum atomic E-state index is 1.25. The van der Waals surface area contributed by atoms with Crippen molar-refractivity contribution in [2.45, 2.75) is 0 Å². The second kappa shape index (κ2) is 4.75. The molecular weight excluding hydrogens is 354 g/mol. The summed E-state index contributed by atoms with van der Waals surface area (Å²) in [6.45, 7) is 0. The van der Waals surface area contributed by atoms with E-state index < -0.39 is 0 Å². The highest BCUT2D eigenvalue weighted by Gasteiger charge is 2.09. The van der Waals surface area contributed by atoms with Crippen molar-refractivity contribution in [1.82, 2.24) is 0 Å². The molecule has 0 amide bonds. The first-order chi connectivity index (χ1) is 5.46. The Morgan fingerprint density at radius 1 is 0.583 bits per heavy atom. The highest BCUT2D eigenvalue weighted by molar-refractivity contribution is 14.1. The summed E-state index contributed by atoms with van der Waals surface area (Å²) < 4.78 is 1.30. The lowest BCUT2D eigenvalue weighted by Crippen LogP contribution is -2.41. The molecule has 1 rings (SSSR count). The normalized spacial score (nSPS) is 10.5. The van der Waals surface area contributed by atoms with Crippen molar-refractivity contribution in [2.75, 3.05) is 0 Å². The van der Waals surface area contributed by atoms with E-state index in [4.69, 9.17) is 0 Å². The maximum atomic E-state index is 2.77. The summed E-state index contributed by atoms with van der Waals surface area (Å²) in [5.41, 5.74) is 0. The van der Waals surface area contributed by atoms with Gasteiger partial charge in [0.15, 0.2) is 0 Å². The molecule has 12 heavy (non-hydrogen) atoms. The first-order valence-corrected chi connectivity index (χ1v) is 7.10. The molecule has 0 bridgehead atoms. The van der Waals surface area contributed by atoms with Crippen LogP contribution in [0.25, 0.3) is 0 Å². The SMILES string of the molecule is Pc1c(P)c(P)c(I)c(P)c1P. The lowest BCUT2D eigenvalue weighted by Gasteiger charge is -2.13. The summed E-state index contributed by atoms with van der Waals surface area (Å²) in [5.74, 6) is 0. The van der Waals surface area contributed by atoms with E-state index in [2.05, 4.69) is 68.8 Å². The highest BCUT2D eigenvalue weighted by atomic mass is 127. The van der Waals surface area contributed by atoms with E-state index in [1.807, 2.05) is 0 Å². The molecule has 0 aliphatic carbocycles. The van der Waals surface area contributed by atoms with Gasteiger partial charge < -0.3 is 0 Å². The van der Waals surface area contributed by atoms with Crippen molar-refractivity contribution in [2.24, 2.45) is 0 Å². The van der Waals surface area contributed by atoms with E-state index in [1.54, 1.807) is 0 Å². The molecule has 5 unspecified atom stereocenters. The third-order valence-corrected chi connectivity index (χ3v) is 8.37. The molecule has 0 N–H and O–H groups in total. The Labute approximate surface area is 98.3 Å². The number of halogens is 1. The molecule has 0 aromatic heterocycles. The minimum absolute atomic E-state index is 1.25. The number of benzene rings is 1. The van der Waals surface area contributed by atoms with Crippen LogP contribution in [-0.4, -0.2) is 0 Å². The van der Waals surface area contributed by atoms with E-state index in [9.17, 15) is 0 Å². The van der Waals surface area contributed by atoms with Crippen LogP contribution in [0.2, 0.25) is 0 Å². The summed E-state index contributed by atoms with van der Waals surface area (Å²) in [7, 11) is 13.8. The van der Waals surface area contributed by atoms with Gasteiger partial charge in [-0.05, 0) is 49.1 Å². The summed E-state index contributed by atoms with van der Waals surface area (Å²) >= 11 is 2.36. The molecule has 0 aliphatic heterocycles. The van der Waals surface area contributed by atoms with Gasteiger partial charge in [-0.1, -0.05) is 0 Å². The summed E-state index contributed by atoms with van der Waals surface area (Å²) in [6, 6.07) is 0. The molecule has 1 aromatic rings. The van der Waals surface area contributed by atoms with E-state index in [0.717, 1.165) is 0 Å². The Balaban J connectivity index is 3.60. The molecule has 5 atom stereocenters. The number of rotatable bonds is 0. The second-order valence-electron chi connectivity index (χ2n) is 2.38. The first kappa shape index (κ1) is 12.2. The summed E-state index contributed by atoms with van der Waals surface area (Å²) in [4.78, 5) is 0. The van der Waals surface area contributed by atoms with Crippen LogP contribution < -0.4 is 26.5 Å². The van der Waals surface area contributed by atoms with Crippen molar-refractivity contribution >= 4 is 95.3 Å². The standard InChI is InChI=1S/C6H10IP5/c7-1-2(8)4(10)6(12)5(11)3(1)9/h8-12H2. The Hall–Kier alpha value is 2.10. The maximum Gasteiger partial charge on any atom is 0.0286 e. The lowest BCUT2D eigenvalue weighted by molar-refractivity contribution is 1.98. The van der Waals surface area contributed by atoms with Gasteiger partial charge in [-0.25, -0.2) is 0 Å². The molecule has 0 fully saturated rings. The van der Waals surface area contributed by atoms with Crippen LogP contribution in [0, 0.1) is 3.57 Å². The predicted molar refractivity (Wildman–Crippen MR) is 85.9 cm³/mol. The zero-order chi connectivity index (χ0) is 9.46. The van der Waals surface area contributed by atoms with Gasteiger partial charge in [-0.2, -0.15) is 0 Å². The molecule has 0 nitrogen and oxygen atoms in total. The molecule has 0 radical (unpaired) electrons. The van der Waals surface area contributed by atoms with Crippen molar-refractivity contribution < 1.29 is 0 Å². The van der Waals surface area contributed by atoms with Crippen molar-refractivity contribution in [1.29, 1.82) is 0 Å². The summed E-state index contributed by atoms with van der Waals surface area (Å²) in [5, 5.41) is 6.29. The van der Waals surface area contributed by atoms with Gasteiger partial charge in [0, 0.05) is 3.57 Å². The number of hydrogen-bond acceptors (Lipinski definition) is 0. The quantitative estimate of drug-likeness (QED) is 0.442. The topological polar surface area (TPSA) is 0 Å². The fourth-order valence-electron chi connectivity index (χ4n) is 0.817. The predicted octanol–water partition coefficient (Wildman–Crippen LogP) is -0.207. The smallest absolute Gasteiger partial charge is 0.0286 e. The van der Waals surface area contributed by atoms with Gasteiger partial charge in [0.05, 0.1) is 0 Å². The van der Waals surface area contributed by atoms with Crippen LogP contribution in [0.15, 0.2) is 0 Å². The number of hydrogen-bond donors (Lipinski definition) is 0. The fraction of sp³-hybridized carbons (Fsp3) is 0. The monoisotopic (exact) mass is 364 g/mol. The van der Waals surface area contributed by atoms with Crippen LogP contribution in [0.5, 0.6) is 0 Å². The van der Waals surface area contributed by atoms with E-state index in [1.165, 1.54) is 30.1 Å². The van der Waals surface area contributed by atoms with E-state index in [0.29, 0.717) is 0 Å². The maximum absolute atomic E-state index is 2.77. The zero-order valence-electron chi connectivity index (χ0n) is 6.26. The van der Waals surface area contributed by atoms with Crippen LogP contribution in [0.4, 0.5) is 0 Å². The molecule has 0 saturated heterocycles. The van der Waals surface area contributed by atoms with E-state index in [-0.39, 0.29) is 0 Å². The van der Waals surface area contributed by atoms with Gasteiger partial charge in [0.1, 0.15) is 0 Å². The van der Waals surface area contributed by atoms with Gasteiger partial charge in [-0.15, -0.1) is 46.2 Å². The molecule has 0 spiro atoms. The minimum Gasteiger partial charge on any atom is -0.104 e. The Kier molecular flexibility index (Phi) is 4.81. The third kappa shape index (κ3) is 2.19. The first-order valence-electron chi connectivity index (χ1n) is 3.13. The summed E-state index contributed by atoms with van der Waals surface area (Å²) in [6.07, 6.45) is 0. The van der Waals surface area contributed by atoms with Gasteiger partial charge in [0.2, 0.25) is 0 Å². The largest absolute Gasteiger partial charge is 0.104 e. The second-order valence-corrected chi connectivity index (χ2v) is 6.35. The average Bonchev–Trinajstić information content (AvgIpc) is 2.08. The Bertz CT molecular complexity index is 230. The van der Waals surface area contributed by atoms with Gasteiger partial charge in [0.25, 0.3) is 0 Å². The highest BCUT2D eigenvalue weighted by Crippen LogP contribution is 2.07. The van der Waals surface area contributed by atoms with Crippen molar-refractivity contribution in [3.8, 4) is 0 Å². The average molecular weight is 364 g/mol. The Morgan fingerprint density at radius 2 is 0.833 bits per heavy atom.